The van der Waals surface area contributed by atoms with Gasteiger partial charge in [-0.3, -0.25) is 9.20 Å². The Hall–Kier alpha value is -1.13. The third kappa shape index (κ3) is 1.36. The number of hydrogen-bond donors (Lipinski definition) is 1. The molecule has 2 N–H and O–H groups in total. The lowest BCUT2D eigenvalue weighted by molar-refractivity contribution is 0.967. The van der Waals surface area contributed by atoms with E-state index >= 15 is 0 Å². The van der Waals surface area contributed by atoms with Gasteiger partial charge in [-0.15, -0.1) is 0 Å². The van der Waals surface area contributed by atoms with E-state index in [2.05, 4.69) is 15.9 Å². The molecule has 0 radical (unpaired) electrons. The fourth-order valence-electron chi connectivity index (χ4n) is 1.40. The summed E-state index contributed by atoms with van der Waals surface area (Å²) in [5.74, 6) is 0. The molecule has 0 saturated heterocycles. The Morgan fingerprint density at radius 1 is 1.29 bits per heavy atom. The van der Waals surface area contributed by atoms with E-state index in [1.54, 1.807) is 10.5 Å². The van der Waals surface area contributed by atoms with Crippen LogP contribution in [0.15, 0.2) is 39.7 Å². The van der Waals surface area contributed by atoms with Crippen molar-refractivity contribution in [2.45, 2.75) is 6.54 Å². The molecule has 3 nitrogen and oxygen atoms in total. The summed E-state index contributed by atoms with van der Waals surface area (Å²) in [5.41, 5.74) is 6.89. The highest BCUT2D eigenvalue weighted by Crippen LogP contribution is 2.11. The van der Waals surface area contributed by atoms with Crippen molar-refractivity contribution in [1.29, 1.82) is 0 Å². The van der Waals surface area contributed by atoms with Crippen molar-refractivity contribution in [1.82, 2.24) is 4.40 Å². The van der Waals surface area contributed by atoms with Gasteiger partial charge < -0.3 is 5.73 Å². The lowest BCUT2D eigenvalue weighted by Gasteiger charge is -2.04. The molecule has 0 saturated carbocycles. The zero-order chi connectivity index (χ0) is 10.1. The normalized spacial score (nSPS) is 10.7. The van der Waals surface area contributed by atoms with E-state index < -0.39 is 0 Å². The molecule has 0 aromatic carbocycles. The van der Waals surface area contributed by atoms with Crippen molar-refractivity contribution >= 4 is 21.4 Å². The van der Waals surface area contributed by atoms with Gasteiger partial charge in [-0.1, -0.05) is 12.1 Å². The van der Waals surface area contributed by atoms with Crippen molar-refractivity contribution in [3.63, 3.8) is 0 Å². The van der Waals surface area contributed by atoms with Gasteiger partial charge in [0.2, 0.25) is 0 Å². The first kappa shape index (κ1) is 9.43. The molecule has 4 heteroatoms. The van der Waals surface area contributed by atoms with Crippen molar-refractivity contribution in [3.05, 3.63) is 50.9 Å². The molecule has 0 spiro atoms. The van der Waals surface area contributed by atoms with E-state index in [-0.39, 0.29) is 12.1 Å². The molecule has 0 fully saturated rings. The molecule has 0 amide bonds. The highest BCUT2D eigenvalue weighted by molar-refractivity contribution is 9.10. The number of nitrogens with zero attached hydrogens (tertiary/aromatic N) is 1. The monoisotopic (exact) mass is 252 g/mol. The molecule has 0 unspecified atom stereocenters. The number of aromatic nitrogens is 1. The quantitative estimate of drug-likeness (QED) is 0.783. The second-order valence-corrected chi connectivity index (χ2v) is 3.79. The predicted molar refractivity (Wildman–Crippen MR) is 59.3 cm³/mol. The van der Waals surface area contributed by atoms with Crippen LogP contribution >= 0.6 is 15.9 Å². The van der Waals surface area contributed by atoms with Crippen molar-refractivity contribution in [3.8, 4) is 0 Å². The van der Waals surface area contributed by atoms with Crippen LogP contribution < -0.4 is 11.3 Å². The fraction of sp³-hybridized carbons (Fsp3) is 0.100. The van der Waals surface area contributed by atoms with Gasteiger partial charge in [-0.2, -0.15) is 0 Å². The number of pyridine rings is 2. The zero-order valence-corrected chi connectivity index (χ0v) is 8.99. The Kier molecular flexibility index (Phi) is 2.39. The van der Waals surface area contributed by atoms with Crippen LogP contribution in [0.4, 0.5) is 0 Å². The lowest BCUT2D eigenvalue weighted by Crippen LogP contribution is -2.20. The van der Waals surface area contributed by atoms with Gasteiger partial charge in [-0.05, 0) is 34.1 Å². The van der Waals surface area contributed by atoms with Gasteiger partial charge in [0.15, 0.2) is 0 Å². The second kappa shape index (κ2) is 3.55. The maximum absolute atomic E-state index is 11.8. The molecule has 0 aliphatic rings. The van der Waals surface area contributed by atoms with Crippen LogP contribution in [0.2, 0.25) is 0 Å². The Morgan fingerprint density at radius 3 is 2.79 bits per heavy atom. The summed E-state index contributed by atoms with van der Waals surface area (Å²) in [7, 11) is 0. The maximum atomic E-state index is 11.8. The van der Waals surface area contributed by atoms with Crippen molar-refractivity contribution in [2.24, 2.45) is 5.73 Å². The minimum Gasteiger partial charge on any atom is -0.326 e. The smallest absolute Gasteiger partial charge is 0.260 e. The molecule has 14 heavy (non-hydrogen) atoms. The van der Waals surface area contributed by atoms with Gasteiger partial charge in [-0.25, -0.2) is 0 Å². The zero-order valence-electron chi connectivity index (χ0n) is 7.40. The van der Waals surface area contributed by atoms with Gasteiger partial charge in [0, 0.05) is 17.6 Å². The van der Waals surface area contributed by atoms with Gasteiger partial charge in [0.1, 0.15) is 0 Å². The van der Waals surface area contributed by atoms with E-state index in [1.807, 2.05) is 24.3 Å². The van der Waals surface area contributed by atoms with E-state index in [1.165, 1.54) is 0 Å². The number of rotatable bonds is 1. The summed E-state index contributed by atoms with van der Waals surface area (Å²) in [6, 6.07) is 9.25. The van der Waals surface area contributed by atoms with Gasteiger partial charge in [0.25, 0.3) is 5.56 Å². The van der Waals surface area contributed by atoms with Crippen molar-refractivity contribution in [2.75, 3.05) is 0 Å². The Balaban J connectivity index is 2.94. The molecule has 0 atom stereocenters. The molecule has 0 bridgehead atoms. The third-order valence-electron chi connectivity index (χ3n) is 2.13. The van der Waals surface area contributed by atoms with Gasteiger partial charge >= 0.3 is 0 Å². The summed E-state index contributed by atoms with van der Waals surface area (Å²) in [4.78, 5) is 11.8. The highest BCUT2D eigenvalue weighted by atomic mass is 79.9. The molecule has 2 heterocycles. The molecule has 2 aromatic rings. The SMILES string of the molecule is NCc1ccc2cccc(Br)n2c1=O. The Morgan fingerprint density at radius 2 is 2.07 bits per heavy atom. The molecule has 0 aliphatic carbocycles. The van der Waals surface area contributed by atoms with Crippen LogP contribution in [0.5, 0.6) is 0 Å². The highest BCUT2D eigenvalue weighted by Gasteiger charge is 2.03. The average Bonchev–Trinajstić information content (AvgIpc) is 2.18. The topological polar surface area (TPSA) is 47.5 Å². The summed E-state index contributed by atoms with van der Waals surface area (Å²) in [5, 5.41) is 0. The van der Waals surface area contributed by atoms with E-state index in [9.17, 15) is 4.79 Å². The van der Waals surface area contributed by atoms with Crippen LogP contribution in [0.25, 0.3) is 5.52 Å². The minimum atomic E-state index is -0.0579. The standard InChI is InChI=1S/C10H9BrN2O/c11-9-3-1-2-8-5-4-7(6-12)10(14)13(8)9/h1-5H,6,12H2. The number of halogens is 1. The van der Waals surface area contributed by atoms with Crippen molar-refractivity contribution < 1.29 is 0 Å². The molecule has 2 aromatic heterocycles. The van der Waals surface area contributed by atoms with Crippen LogP contribution in [0, 0.1) is 0 Å². The summed E-state index contributed by atoms with van der Waals surface area (Å²) < 4.78 is 2.35. The predicted octanol–water partition coefficient (Wildman–Crippen LogP) is 1.52. The summed E-state index contributed by atoms with van der Waals surface area (Å²) in [6.45, 7) is 0.267. The average molecular weight is 253 g/mol. The van der Waals surface area contributed by atoms with Crippen LogP contribution in [0.1, 0.15) is 5.56 Å². The third-order valence-corrected chi connectivity index (χ3v) is 2.74. The first-order valence-electron chi connectivity index (χ1n) is 4.23. The largest absolute Gasteiger partial charge is 0.326 e. The molecule has 72 valence electrons. The molecule has 0 aliphatic heterocycles. The van der Waals surface area contributed by atoms with E-state index in [4.69, 9.17) is 5.73 Å². The Bertz CT molecular complexity index is 533. The van der Waals surface area contributed by atoms with E-state index in [0.29, 0.717) is 5.56 Å². The van der Waals surface area contributed by atoms with Crippen LogP contribution in [-0.2, 0) is 6.54 Å². The van der Waals surface area contributed by atoms with E-state index in [0.717, 1.165) is 10.1 Å². The van der Waals surface area contributed by atoms with Gasteiger partial charge in [0.05, 0.1) is 4.60 Å². The number of fused-ring (bicyclic) bond motifs is 1. The maximum Gasteiger partial charge on any atom is 0.260 e. The fourth-order valence-corrected chi connectivity index (χ4v) is 1.92. The second-order valence-electron chi connectivity index (χ2n) is 2.98. The number of nitrogens with two attached hydrogens (primary N) is 1. The molecule has 2 rings (SSSR count). The summed E-state index contributed by atoms with van der Waals surface area (Å²) in [6.07, 6.45) is 0. The lowest BCUT2D eigenvalue weighted by atomic mass is 10.2. The Labute approximate surface area is 89.3 Å². The van der Waals surface area contributed by atoms with Crippen LogP contribution in [-0.4, -0.2) is 4.40 Å². The minimum absolute atomic E-state index is 0.0579. The van der Waals surface area contributed by atoms with Crippen LogP contribution in [0.3, 0.4) is 0 Å². The summed E-state index contributed by atoms with van der Waals surface area (Å²) >= 11 is 3.33. The first-order chi connectivity index (χ1) is 6.74. The molecular weight excluding hydrogens is 244 g/mol. The molecular formula is C10H9BrN2O. The first-order valence-corrected chi connectivity index (χ1v) is 5.02. The number of hydrogen-bond acceptors (Lipinski definition) is 2.